The third-order valence-corrected chi connectivity index (χ3v) is 4.48. The maximum Gasteiger partial charge on any atom is 0.351 e. The zero-order valence-electron chi connectivity index (χ0n) is 14.8. The largest absolute Gasteiger partial charge is 0.506 e. The van der Waals surface area contributed by atoms with E-state index in [9.17, 15) is 24.3 Å². The number of aromatic hydroxyl groups is 1. The highest BCUT2D eigenvalue weighted by molar-refractivity contribution is 6.12. The number of carbonyl (C=O) groups is 2. The van der Waals surface area contributed by atoms with Crippen molar-refractivity contribution in [2.75, 3.05) is 6.54 Å². The smallest absolute Gasteiger partial charge is 0.351 e. The summed E-state index contributed by atoms with van der Waals surface area (Å²) in [4.78, 5) is 48.8. The summed E-state index contributed by atoms with van der Waals surface area (Å²) >= 11 is 0. The van der Waals surface area contributed by atoms with Gasteiger partial charge in [-0.3, -0.25) is 14.5 Å². The van der Waals surface area contributed by atoms with Crippen molar-refractivity contribution in [2.45, 2.75) is 32.7 Å². The highest BCUT2D eigenvalue weighted by Crippen LogP contribution is 2.21. The van der Waals surface area contributed by atoms with Gasteiger partial charge >= 0.3 is 11.4 Å². The average Bonchev–Trinajstić information content (AvgIpc) is 3.12. The lowest BCUT2D eigenvalue weighted by Gasteiger charge is -2.12. The van der Waals surface area contributed by atoms with Crippen molar-refractivity contribution in [3.63, 3.8) is 0 Å². The van der Waals surface area contributed by atoms with Crippen LogP contribution in [0.3, 0.4) is 0 Å². The van der Waals surface area contributed by atoms with Crippen molar-refractivity contribution < 1.29 is 14.7 Å². The summed E-state index contributed by atoms with van der Waals surface area (Å²) in [6.07, 6.45) is 4.05. The van der Waals surface area contributed by atoms with Gasteiger partial charge in [-0.1, -0.05) is 13.0 Å². The van der Waals surface area contributed by atoms with Crippen LogP contribution in [0.5, 0.6) is 5.75 Å². The Morgan fingerprint density at radius 2 is 1.67 bits per heavy atom. The molecule has 0 bridgehead atoms. The van der Waals surface area contributed by atoms with Crippen LogP contribution in [-0.2, 0) is 22.6 Å². The highest BCUT2D eigenvalue weighted by Gasteiger charge is 2.22. The van der Waals surface area contributed by atoms with Crippen LogP contribution in [0.2, 0.25) is 0 Å². The van der Waals surface area contributed by atoms with Crippen LogP contribution < -0.4 is 11.4 Å². The second-order valence-corrected chi connectivity index (χ2v) is 6.23. The number of phenolic OH excluding ortho intramolecular Hbond substituents is 1. The van der Waals surface area contributed by atoms with Gasteiger partial charge in [-0.2, -0.15) is 4.68 Å². The maximum absolute atomic E-state index is 12.6. The number of hydrogen-bond acceptors (Lipinski definition) is 5. The lowest BCUT2D eigenvalue weighted by Crippen LogP contribution is -2.32. The van der Waals surface area contributed by atoms with Crippen LogP contribution >= 0.6 is 0 Å². The Morgan fingerprint density at radius 3 is 2.33 bits per heavy atom. The van der Waals surface area contributed by atoms with Crippen LogP contribution in [0.15, 0.2) is 39.9 Å². The van der Waals surface area contributed by atoms with Gasteiger partial charge in [-0.05, 0) is 37.0 Å². The molecule has 1 aromatic carbocycles. The number of phenols is 1. The Kier molecular flexibility index (Phi) is 5.11. The second kappa shape index (κ2) is 7.48. The van der Waals surface area contributed by atoms with E-state index in [4.69, 9.17) is 0 Å². The summed E-state index contributed by atoms with van der Waals surface area (Å²) in [5.41, 5.74) is -0.0405. The number of nitrogens with zero attached hydrogens (tertiary/aromatic N) is 3. The van der Waals surface area contributed by atoms with Crippen molar-refractivity contribution in [1.82, 2.24) is 19.2 Å². The molecule has 0 radical (unpaired) electrons. The van der Waals surface area contributed by atoms with Crippen molar-refractivity contribution >= 4 is 11.8 Å². The molecule has 2 aromatic rings. The number of unbranched alkanes of at least 4 members (excludes halogenated alkanes) is 1. The first-order chi connectivity index (χ1) is 12.9. The van der Waals surface area contributed by atoms with E-state index in [-0.39, 0.29) is 36.3 Å². The van der Waals surface area contributed by atoms with Crippen LogP contribution in [0.4, 0.5) is 0 Å². The molecule has 9 nitrogen and oxygen atoms in total. The topological polar surface area (TPSA) is 117 Å². The fraction of sp³-hybridized carbons (Fsp3) is 0.333. The molecule has 0 atom stereocenters. The van der Waals surface area contributed by atoms with Gasteiger partial charge in [0.25, 0.3) is 11.8 Å². The van der Waals surface area contributed by atoms with E-state index in [1.54, 1.807) is 12.1 Å². The second-order valence-electron chi connectivity index (χ2n) is 6.23. The number of benzene rings is 1. The number of amides is 2. The average molecular weight is 372 g/mol. The van der Waals surface area contributed by atoms with E-state index in [1.807, 2.05) is 6.92 Å². The molecule has 0 aliphatic carbocycles. The zero-order chi connectivity index (χ0) is 19.6. The molecule has 1 aromatic heterocycles. The zero-order valence-corrected chi connectivity index (χ0v) is 14.8. The molecule has 0 unspecified atom stereocenters. The molecular formula is C18H20N4O5. The lowest BCUT2D eigenvalue weighted by atomic mass is 10.1. The molecule has 1 aliphatic heterocycles. The summed E-state index contributed by atoms with van der Waals surface area (Å²) in [6.45, 7) is 2.31. The Balaban J connectivity index is 1.71. The Hall–Kier alpha value is -3.36. The molecule has 9 heteroatoms. The number of H-pyrrole nitrogens is 1. The minimum atomic E-state index is -0.587. The summed E-state index contributed by atoms with van der Waals surface area (Å²) in [5, 5.41) is 12.5. The number of aryl methyl sites for hydroxylation is 1. The quantitative estimate of drug-likeness (QED) is 0.535. The van der Waals surface area contributed by atoms with Crippen LogP contribution in [0.25, 0.3) is 5.69 Å². The van der Waals surface area contributed by atoms with Crippen LogP contribution in [0, 0.1) is 0 Å². The normalized spacial score (nSPS) is 13.7. The first-order valence-corrected chi connectivity index (χ1v) is 8.70. The van der Waals surface area contributed by atoms with E-state index in [0.717, 1.165) is 26.1 Å². The van der Waals surface area contributed by atoms with E-state index in [2.05, 4.69) is 5.10 Å². The van der Waals surface area contributed by atoms with Crippen molar-refractivity contribution in [3.8, 4) is 11.4 Å². The van der Waals surface area contributed by atoms with E-state index in [1.165, 1.54) is 18.2 Å². The molecule has 2 N–H and O–H groups in total. The van der Waals surface area contributed by atoms with Crippen molar-refractivity contribution in [1.29, 1.82) is 0 Å². The first-order valence-electron chi connectivity index (χ1n) is 8.70. The minimum absolute atomic E-state index is 0.110. The monoisotopic (exact) mass is 372 g/mol. The van der Waals surface area contributed by atoms with Crippen LogP contribution in [0.1, 0.15) is 25.3 Å². The molecule has 0 saturated carbocycles. The molecular weight excluding hydrogens is 352 g/mol. The molecule has 0 fully saturated rings. The standard InChI is InChI=1S/C18H20N4O5/c1-2-12-5-6-14(23)13(11-12)22-18(27)21(17(26)19-22)10-4-3-9-20-15(24)7-8-16(20)25/h5-8,11,23H,2-4,9-10H2,1H3,(H,19,26). The van der Waals surface area contributed by atoms with Gasteiger partial charge in [0.1, 0.15) is 11.4 Å². The van der Waals surface area contributed by atoms with Gasteiger partial charge in [0.2, 0.25) is 0 Å². The third kappa shape index (κ3) is 3.62. The van der Waals surface area contributed by atoms with Gasteiger partial charge in [0.15, 0.2) is 0 Å². The summed E-state index contributed by atoms with van der Waals surface area (Å²) < 4.78 is 2.05. The number of hydrogen-bond donors (Lipinski definition) is 2. The molecule has 3 rings (SSSR count). The molecule has 2 heterocycles. The van der Waals surface area contributed by atoms with Crippen molar-refractivity contribution in [2.24, 2.45) is 0 Å². The van der Waals surface area contributed by atoms with E-state index in [0.29, 0.717) is 12.8 Å². The number of aromatic amines is 1. The maximum atomic E-state index is 12.6. The van der Waals surface area contributed by atoms with Gasteiger partial charge in [-0.15, -0.1) is 0 Å². The van der Waals surface area contributed by atoms with Gasteiger partial charge in [-0.25, -0.2) is 19.3 Å². The number of nitrogens with one attached hydrogen (secondary N) is 1. The minimum Gasteiger partial charge on any atom is -0.506 e. The number of rotatable bonds is 7. The fourth-order valence-electron chi connectivity index (χ4n) is 2.93. The number of aromatic nitrogens is 3. The van der Waals surface area contributed by atoms with Crippen LogP contribution in [-0.4, -0.2) is 42.7 Å². The lowest BCUT2D eigenvalue weighted by molar-refractivity contribution is -0.136. The SMILES string of the molecule is CCc1ccc(O)c(-n2[nH]c(=O)n(CCCCN3C(=O)C=CC3=O)c2=O)c1. The summed E-state index contributed by atoms with van der Waals surface area (Å²) in [5.74, 6) is -0.818. The van der Waals surface area contributed by atoms with Gasteiger partial charge in [0, 0.05) is 25.2 Å². The van der Waals surface area contributed by atoms with Crippen molar-refractivity contribution in [3.05, 3.63) is 56.9 Å². The predicted octanol–water partition coefficient (Wildman–Crippen LogP) is 0.300. The Morgan fingerprint density at radius 1 is 1.00 bits per heavy atom. The molecule has 1 aliphatic rings. The molecule has 27 heavy (non-hydrogen) atoms. The Labute approximate surface area is 154 Å². The van der Waals surface area contributed by atoms with Gasteiger partial charge in [0.05, 0.1) is 0 Å². The molecule has 0 spiro atoms. The van der Waals surface area contributed by atoms with Gasteiger partial charge < -0.3 is 5.11 Å². The first kappa shape index (κ1) is 18.4. The Bertz CT molecular complexity index is 1010. The molecule has 0 saturated heterocycles. The fourth-order valence-corrected chi connectivity index (χ4v) is 2.93. The number of carbonyl (C=O) groups excluding carboxylic acids is 2. The van der Waals surface area contributed by atoms with E-state index < -0.39 is 11.4 Å². The third-order valence-electron chi connectivity index (χ3n) is 4.48. The van der Waals surface area contributed by atoms with E-state index >= 15 is 0 Å². The number of imide groups is 1. The summed E-state index contributed by atoms with van der Waals surface area (Å²) in [7, 11) is 0. The summed E-state index contributed by atoms with van der Waals surface area (Å²) in [6, 6.07) is 4.87. The highest BCUT2D eigenvalue weighted by atomic mass is 16.3. The molecule has 142 valence electrons. The predicted molar refractivity (Wildman–Crippen MR) is 96.8 cm³/mol. The molecule has 2 amide bonds.